The van der Waals surface area contributed by atoms with Crippen LogP contribution in [0.1, 0.15) is 12.8 Å². The van der Waals surface area contributed by atoms with Gasteiger partial charge in [0.2, 0.25) is 0 Å². The predicted octanol–water partition coefficient (Wildman–Crippen LogP) is 2.49. The molecule has 0 atom stereocenters. The summed E-state index contributed by atoms with van der Waals surface area (Å²) in [5.41, 5.74) is 0. The Morgan fingerprint density at radius 3 is 2.92 bits per heavy atom. The van der Waals surface area contributed by atoms with E-state index < -0.39 is 0 Å². The van der Waals surface area contributed by atoms with Crippen LogP contribution in [0.3, 0.4) is 0 Å². The lowest BCUT2D eigenvalue weighted by atomic mass is 10.3. The second-order valence-electron chi connectivity index (χ2n) is 2.15. The number of allylic oxidation sites excluding steroid dienone is 1. The first-order chi connectivity index (χ1) is 5.81. The summed E-state index contributed by atoms with van der Waals surface area (Å²) in [6.45, 7) is 3.73. The number of hydrogen-bond acceptors (Lipinski definition) is 2. The Hall–Kier alpha value is -0.320. The Bertz CT molecular complexity index is 164. The van der Waals surface area contributed by atoms with Crippen molar-refractivity contribution < 1.29 is 9.53 Å². The van der Waals surface area contributed by atoms with Crippen LogP contribution in [0, 0.1) is 0 Å². The zero-order valence-electron chi connectivity index (χ0n) is 6.96. The van der Waals surface area contributed by atoms with E-state index in [1.807, 2.05) is 6.08 Å². The fraction of sp³-hybridized carbons (Fsp3) is 0.444. The highest BCUT2D eigenvalue weighted by atomic mass is 127. The molecule has 3 heteroatoms. The Morgan fingerprint density at radius 1 is 1.58 bits per heavy atom. The summed E-state index contributed by atoms with van der Waals surface area (Å²) in [5, 5.41) is 0. The fourth-order valence-electron chi connectivity index (χ4n) is 0.564. The monoisotopic (exact) mass is 280 g/mol. The lowest BCUT2D eigenvalue weighted by Gasteiger charge is -1.94. The second kappa shape index (κ2) is 8.77. The lowest BCUT2D eigenvalue weighted by molar-refractivity contribution is -0.136. The maximum Gasteiger partial charge on any atom is 0.330 e. The van der Waals surface area contributed by atoms with Gasteiger partial charge in [0.25, 0.3) is 0 Å². The molecule has 0 aliphatic heterocycles. The molecule has 0 aliphatic carbocycles. The molecule has 0 aliphatic rings. The van der Waals surface area contributed by atoms with Crippen LogP contribution in [0.25, 0.3) is 0 Å². The van der Waals surface area contributed by atoms with Gasteiger partial charge in [-0.15, -0.1) is 0 Å². The SMILES string of the molecule is C=CCOC(=O)C=CCCCI. The first kappa shape index (κ1) is 11.7. The minimum atomic E-state index is -0.289. The van der Waals surface area contributed by atoms with Crippen molar-refractivity contribution in [3.8, 4) is 0 Å². The molecule has 0 unspecified atom stereocenters. The minimum Gasteiger partial charge on any atom is -0.458 e. The lowest BCUT2D eigenvalue weighted by Crippen LogP contribution is -1.99. The highest BCUT2D eigenvalue weighted by molar-refractivity contribution is 14.1. The number of alkyl halides is 1. The molecule has 12 heavy (non-hydrogen) atoms. The van der Waals surface area contributed by atoms with Gasteiger partial charge in [0.1, 0.15) is 6.61 Å². The van der Waals surface area contributed by atoms with Crippen molar-refractivity contribution in [2.24, 2.45) is 0 Å². The number of rotatable bonds is 6. The molecule has 0 radical (unpaired) electrons. The van der Waals surface area contributed by atoms with Gasteiger partial charge in [-0.25, -0.2) is 4.79 Å². The predicted molar refractivity (Wildman–Crippen MR) is 58.4 cm³/mol. The third-order valence-corrected chi connectivity index (χ3v) is 1.86. The van der Waals surface area contributed by atoms with Gasteiger partial charge >= 0.3 is 5.97 Å². The summed E-state index contributed by atoms with van der Waals surface area (Å²) in [4.78, 5) is 10.8. The number of ether oxygens (including phenoxy) is 1. The summed E-state index contributed by atoms with van der Waals surface area (Å²) in [5.74, 6) is -0.289. The van der Waals surface area contributed by atoms with Gasteiger partial charge in [-0.3, -0.25) is 0 Å². The normalized spacial score (nSPS) is 10.1. The minimum absolute atomic E-state index is 0.287. The van der Waals surface area contributed by atoms with Gasteiger partial charge in [-0.1, -0.05) is 41.3 Å². The van der Waals surface area contributed by atoms with E-state index in [4.69, 9.17) is 4.74 Å². The van der Waals surface area contributed by atoms with Gasteiger partial charge in [0, 0.05) is 6.08 Å². The van der Waals surface area contributed by atoms with E-state index in [2.05, 4.69) is 29.2 Å². The molecule has 0 aromatic heterocycles. The topological polar surface area (TPSA) is 26.3 Å². The van der Waals surface area contributed by atoms with Crippen LogP contribution in [0.2, 0.25) is 0 Å². The third-order valence-electron chi connectivity index (χ3n) is 1.10. The van der Waals surface area contributed by atoms with Crippen LogP contribution in [0.5, 0.6) is 0 Å². The Kier molecular flexibility index (Phi) is 8.54. The van der Waals surface area contributed by atoms with E-state index in [1.54, 1.807) is 6.08 Å². The Balaban J connectivity index is 3.40. The number of unbranched alkanes of at least 4 members (excludes halogenated alkanes) is 1. The number of carbonyl (C=O) groups excluding carboxylic acids is 1. The number of hydrogen-bond donors (Lipinski definition) is 0. The molecule has 0 N–H and O–H groups in total. The summed E-state index contributed by atoms with van der Waals surface area (Å²) in [6, 6.07) is 0. The van der Waals surface area contributed by atoms with Gasteiger partial charge in [-0.2, -0.15) is 0 Å². The molecule has 0 saturated heterocycles. The van der Waals surface area contributed by atoms with Crippen molar-refractivity contribution in [3.63, 3.8) is 0 Å². The highest BCUT2D eigenvalue weighted by Gasteiger charge is 1.91. The van der Waals surface area contributed by atoms with Gasteiger partial charge in [0.15, 0.2) is 0 Å². The number of esters is 1. The maximum absolute atomic E-state index is 10.8. The molecule has 0 bridgehead atoms. The Labute approximate surface area is 86.8 Å². The second-order valence-corrected chi connectivity index (χ2v) is 3.23. The van der Waals surface area contributed by atoms with E-state index >= 15 is 0 Å². The summed E-state index contributed by atoms with van der Waals surface area (Å²) < 4.78 is 5.84. The number of halogens is 1. The molecule has 0 amide bonds. The molecular formula is C9H13IO2. The molecule has 0 rings (SSSR count). The van der Waals surface area contributed by atoms with E-state index in [-0.39, 0.29) is 12.6 Å². The molecule has 0 saturated carbocycles. The molecule has 2 nitrogen and oxygen atoms in total. The van der Waals surface area contributed by atoms with E-state index in [9.17, 15) is 4.79 Å². The van der Waals surface area contributed by atoms with Crippen LogP contribution >= 0.6 is 22.6 Å². The largest absolute Gasteiger partial charge is 0.458 e. The number of carbonyl (C=O) groups is 1. The zero-order valence-corrected chi connectivity index (χ0v) is 9.12. The molecule has 0 aromatic carbocycles. The van der Waals surface area contributed by atoms with Crippen LogP contribution in [0.4, 0.5) is 0 Å². The van der Waals surface area contributed by atoms with Crippen LogP contribution in [-0.2, 0) is 9.53 Å². The van der Waals surface area contributed by atoms with E-state index in [1.165, 1.54) is 6.08 Å². The standard InChI is InChI=1S/C9H13IO2/c1-2-8-12-9(11)6-4-3-5-7-10/h2,4,6H,1,3,5,7-8H2. The maximum atomic E-state index is 10.8. The zero-order chi connectivity index (χ0) is 9.23. The summed E-state index contributed by atoms with van der Waals surface area (Å²) in [7, 11) is 0. The quantitative estimate of drug-likeness (QED) is 0.187. The van der Waals surface area contributed by atoms with E-state index in [0.29, 0.717) is 0 Å². The van der Waals surface area contributed by atoms with Crippen molar-refractivity contribution in [3.05, 3.63) is 24.8 Å². The fourth-order valence-corrected chi connectivity index (χ4v) is 1.00. The Morgan fingerprint density at radius 2 is 2.33 bits per heavy atom. The first-order valence-corrected chi connectivity index (χ1v) is 5.34. The smallest absolute Gasteiger partial charge is 0.330 e. The molecule has 0 heterocycles. The van der Waals surface area contributed by atoms with Crippen molar-refractivity contribution in [1.29, 1.82) is 0 Å². The van der Waals surface area contributed by atoms with Crippen LogP contribution in [0.15, 0.2) is 24.8 Å². The molecule has 68 valence electrons. The highest BCUT2D eigenvalue weighted by Crippen LogP contribution is 1.95. The average molecular weight is 280 g/mol. The summed E-state index contributed by atoms with van der Waals surface area (Å²) in [6.07, 6.45) is 6.90. The van der Waals surface area contributed by atoms with Crippen LogP contribution < -0.4 is 0 Å². The van der Waals surface area contributed by atoms with Crippen molar-refractivity contribution in [2.45, 2.75) is 12.8 Å². The molecule has 0 fully saturated rings. The van der Waals surface area contributed by atoms with Crippen molar-refractivity contribution in [1.82, 2.24) is 0 Å². The van der Waals surface area contributed by atoms with Crippen molar-refractivity contribution in [2.75, 3.05) is 11.0 Å². The molecular weight excluding hydrogens is 267 g/mol. The molecule has 0 aromatic rings. The first-order valence-electron chi connectivity index (χ1n) is 3.81. The average Bonchev–Trinajstić information content (AvgIpc) is 2.09. The van der Waals surface area contributed by atoms with Crippen LogP contribution in [-0.4, -0.2) is 17.0 Å². The summed E-state index contributed by atoms with van der Waals surface area (Å²) >= 11 is 2.30. The van der Waals surface area contributed by atoms with Gasteiger partial charge in [0.05, 0.1) is 0 Å². The van der Waals surface area contributed by atoms with Crippen molar-refractivity contribution >= 4 is 28.6 Å². The third kappa shape index (κ3) is 7.78. The molecule has 0 spiro atoms. The van der Waals surface area contributed by atoms with Gasteiger partial charge < -0.3 is 4.74 Å². The van der Waals surface area contributed by atoms with Gasteiger partial charge in [-0.05, 0) is 17.3 Å². The van der Waals surface area contributed by atoms with E-state index in [0.717, 1.165) is 17.3 Å².